The number of nitrogens with two attached hydrogens (primary N) is 1. The van der Waals surface area contributed by atoms with Gasteiger partial charge in [0.2, 0.25) is 5.91 Å². The minimum atomic E-state index is -0.178. The van der Waals surface area contributed by atoms with Crippen LogP contribution in [0.3, 0.4) is 0 Å². The number of benzene rings is 1. The molecular formula is C25H30ClN7O+2. The molecule has 176 valence electrons. The molecule has 1 amide bonds. The Hall–Kier alpha value is -2.84. The first-order chi connectivity index (χ1) is 16.7. The van der Waals surface area contributed by atoms with Gasteiger partial charge in [-0.25, -0.2) is 0 Å². The lowest BCUT2D eigenvalue weighted by molar-refractivity contribution is -0.640. The quantitative estimate of drug-likeness (QED) is 0.556. The standard InChI is InChI=1S/C25H28ClN7O/c26-22-9-8-18-20(28-22)7-4-11-25(18)15-27-14-19(25)24(34)33-12-10-17(16-5-2-1-3-6-16)13-21(33)23-29-31-32-30-23/h1-3,5-6,8-9,17,19,21,27H,4,7,10-15H2,(H,29,30,31,32)/p+2/t17-,19+,21?,25+/m1/s1. The number of H-pyrrole nitrogens is 2. The monoisotopic (exact) mass is 479 g/mol. The van der Waals surface area contributed by atoms with E-state index in [-0.39, 0.29) is 23.3 Å². The minimum absolute atomic E-state index is 0.0798. The zero-order chi connectivity index (χ0) is 23.1. The van der Waals surface area contributed by atoms with Crippen LogP contribution in [0.25, 0.3) is 0 Å². The van der Waals surface area contributed by atoms with E-state index in [1.165, 1.54) is 16.8 Å². The van der Waals surface area contributed by atoms with Gasteiger partial charge in [0.05, 0.1) is 24.5 Å². The van der Waals surface area contributed by atoms with E-state index >= 15 is 0 Å². The maximum absolute atomic E-state index is 14.3. The molecule has 1 aliphatic carbocycles. The van der Waals surface area contributed by atoms with Crippen LogP contribution < -0.4 is 10.3 Å². The fraction of sp³-hybridized carbons (Fsp3) is 0.480. The summed E-state index contributed by atoms with van der Waals surface area (Å²) in [5.41, 5.74) is 3.60. The fourth-order valence-corrected chi connectivity index (χ4v) is 6.87. The van der Waals surface area contributed by atoms with Gasteiger partial charge in [0.1, 0.15) is 5.92 Å². The molecule has 0 bridgehead atoms. The molecule has 0 radical (unpaired) electrons. The van der Waals surface area contributed by atoms with Gasteiger partial charge >= 0.3 is 0 Å². The van der Waals surface area contributed by atoms with E-state index in [2.05, 4.69) is 61.3 Å². The number of rotatable bonds is 3. The van der Waals surface area contributed by atoms with Crippen molar-refractivity contribution in [3.8, 4) is 0 Å². The number of piperidine rings is 1. The first-order valence-electron chi connectivity index (χ1n) is 12.3. The van der Waals surface area contributed by atoms with Crippen LogP contribution in [0.15, 0.2) is 42.5 Å². The number of quaternary nitrogens is 1. The van der Waals surface area contributed by atoms with E-state index in [1.54, 1.807) is 0 Å². The van der Waals surface area contributed by atoms with E-state index in [1.807, 2.05) is 17.0 Å². The Bertz CT molecular complexity index is 1170. The van der Waals surface area contributed by atoms with Crippen LogP contribution in [-0.4, -0.2) is 51.1 Å². The Morgan fingerprint density at radius 2 is 2.12 bits per heavy atom. The number of nitrogens with one attached hydrogen (secondary N) is 2. The first-order valence-corrected chi connectivity index (χ1v) is 12.6. The lowest BCUT2D eigenvalue weighted by atomic mass is 9.65. The van der Waals surface area contributed by atoms with Crippen molar-refractivity contribution in [3.63, 3.8) is 0 Å². The summed E-state index contributed by atoms with van der Waals surface area (Å²) in [6, 6.07) is 14.5. The Labute approximate surface area is 203 Å². The van der Waals surface area contributed by atoms with Gasteiger partial charge in [-0.3, -0.25) is 4.79 Å². The molecule has 3 aliphatic rings. The highest BCUT2D eigenvalue weighted by Gasteiger charge is 2.56. The van der Waals surface area contributed by atoms with Crippen LogP contribution in [-0.2, 0) is 16.6 Å². The van der Waals surface area contributed by atoms with Crippen molar-refractivity contribution >= 4 is 17.5 Å². The number of halogens is 1. The normalized spacial score (nSPS) is 28.7. The summed E-state index contributed by atoms with van der Waals surface area (Å²) in [6.07, 6.45) is 4.81. The molecular weight excluding hydrogens is 450 g/mol. The molecule has 4 heterocycles. The molecule has 8 nitrogen and oxygen atoms in total. The first kappa shape index (κ1) is 21.7. The highest BCUT2D eigenvalue weighted by atomic mass is 35.5. The molecule has 0 saturated carbocycles. The average molecular weight is 480 g/mol. The lowest BCUT2D eigenvalue weighted by Crippen LogP contribution is -2.82. The molecule has 1 unspecified atom stereocenters. The van der Waals surface area contributed by atoms with Gasteiger partial charge in [-0.05, 0) is 54.8 Å². The average Bonchev–Trinajstić information content (AvgIpc) is 3.55. The van der Waals surface area contributed by atoms with Crippen molar-refractivity contribution in [2.24, 2.45) is 5.92 Å². The summed E-state index contributed by atoms with van der Waals surface area (Å²) >= 11 is 6.27. The molecule has 2 aliphatic heterocycles. The number of hydrogen-bond acceptors (Lipinski definition) is 4. The Morgan fingerprint density at radius 3 is 2.94 bits per heavy atom. The molecule has 1 spiro atoms. The van der Waals surface area contributed by atoms with Gasteiger partial charge in [0.15, 0.2) is 11.5 Å². The van der Waals surface area contributed by atoms with Crippen LogP contribution in [0.2, 0.25) is 5.15 Å². The number of amides is 1. The number of fused-ring (bicyclic) bond motifs is 2. The number of likely N-dealkylation sites (tertiary alicyclic amines) is 1. The third kappa shape index (κ3) is 3.60. The van der Waals surface area contributed by atoms with E-state index in [9.17, 15) is 4.79 Å². The molecule has 4 atom stereocenters. The number of hydrogen-bond donors (Lipinski definition) is 2. The molecule has 6 rings (SSSR count). The topological polar surface area (TPSA) is 106 Å². The highest BCUT2D eigenvalue weighted by Crippen LogP contribution is 2.45. The predicted octanol–water partition coefficient (Wildman–Crippen LogP) is 1.58. The van der Waals surface area contributed by atoms with E-state index < -0.39 is 0 Å². The third-order valence-electron chi connectivity index (χ3n) is 8.27. The van der Waals surface area contributed by atoms with Gasteiger partial charge in [-0.2, -0.15) is 10.2 Å². The van der Waals surface area contributed by atoms with E-state index in [0.29, 0.717) is 23.4 Å². The second-order valence-corrected chi connectivity index (χ2v) is 10.3. The summed E-state index contributed by atoms with van der Waals surface area (Å²) in [7, 11) is 0. The third-order valence-corrected chi connectivity index (χ3v) is 8.49. The summed E-state index contributed by atoms with van der Waals surface area (Å²) in [6.45, 7) is 2.43. The summed E-state index contributed by atoms with van der Waals surface area (Å²) < 4.78 is 0. The SMILES string of the molecule is O=C([C@@H]1C[NH2+]C[C@]12CCCc1[nH+]c(Cl)ccc12)N1CC[C@@H](c2ccccc2)CC1c1nn[nH]n1. The Kier molecular flexibility index (Phi) is 5.57. The fourth-order valence-electron chi connectivity index (χ4n) is 6.69. The van der Waals surface area contributed by atoms with E-state index in [4.69, 9.17) is 11.6 Å². The number of nitrogens with zero attached hydrogens (tertiary/aromatic N) is 4. The lowest BCUT2D eigenvalue weighted by Gasteiger charge is -2.42. The van der Waals surface area contributed by atoms with Crippen molar-refractivity contribution in [3.05, 3.63) is 70.3 Å². The van der Waals surface area contributed by atoms with Gasteiger partial charge in [0.25, 0.3) is 5.15 Å². The largest absolute Gasteiger partial charge is 0.345 e. The van der Waals surface area contributed by atoms with Gasteiger partial charge in [-0.1, -0.05) is 35.5 Å². The summed E-state index contributed by atoms with van der Waals surface area (Å²) in [5.74, 6) is 1.11. The van der Waals surface area contributed by atoms with Crippen molar-refractivity contribution < 1.29 is 15.1 Å². The van der Waals surface area contributed by atoms with Crippen LogP contribution in [0.1, 0.15) is 60.3 Å². The number of carbonyl (C=O) groups is 1. The number of aromatic amines is 2. The summed E-state index contributed by atoms with van der Waals surface area (Å²) in [4.78, 5) is 19.7. The van der Waals surface area contributed by atoms with Gasteiger partial charge in [-0.15, -0.1) is 10.2 Å². The molecule has 34 heavy (non-hydrogen) atoms. The number of aromatic nitrogens is 5. The molecule has 3 aromatic rings. The van der Waals surface area contributed by atoms with Crippen LogP contribution >= 0.6 is 11.6 Å². The maximum Gasteiger partial charge on any atom is 0.273 e. The van der Waals surface area contributed by atoms with Crippen LogP contribution in [0, 0.1) is 5.92 Å². The highest BCUT2D eigenvalue weighted by molar-refractivity contribution is 6.28. The van der Waals surface area contributed by atoms with E-state index in [0.717, 1.165) is 45.2 Å². The number of tetrazole rings is 1. The second kappa shape index (κ2) is 8.74. The van der Waals surface area contributed by atoms with Crippen LogP contribution in [0.4, 0.5) is 0 Å². The zero-order valence-corrected chi connectivity index (χ0v) is 19.8. The summed E-state index contributed by atoms with van der Waals surface area (Å²) in [5, 5.41) is 18.0. The zero-order valence-electron chi connectivity index (χ0n) is 19.1. The van der Waals surface area contributed by atoms with Crippen molar-refractivity contribution in [1.82, 2.24) is 25.5 Å². The van der Waals surface area contributed by atoms with Crippen molar-refractivity contribution in [1.29, 1.82) is 0 Å². The molecule has 9 heteroatoms. The number of carbonyl (C=O) groups excluding carboxylic acids is 1. The Balaban J connectivity index is 1.33. The molecule has 2 aromatic heterocycles. The number of aryl methyl sites for hydroxylation is 1. The second-order valence-electron chi connectivity index (χ2n) is 9.94. The molecule has 4 N–H and O–H groups in total. The minimum Gasteiger partial charge on any atom is -0.345 e. The molecule has 1 aromatic carbocycles. The van der Waals surface area contributed by atoms with Crippen molar-refractivity contribution in [2.45, 2.75) is 49.5 Å². The molecule has 2 fully saturated rings. The Morgan fingerprint density at radius 1 is 1.24 bits per heavy atom. The van der Waals surface area contributed by atoms with Gasteiger partial charge in [0, 0.05) is 24.6 Å². The number of pyridine rings is 1. The predicted molar refractivity (Wildman–Crippen MR) is 125 cm³/mol. The van der Waals surface area contributed by atoms with Crippen LogP contribution in [0.5, 0.6) is 0 Å². The van der Waals surface area contributed by atoms with Gasteiger partial charge < -0.3 is 10.2 Å². The molecule has 2 saturated heterocycles. The maximum atomic E-state index is 14.3. The van der Waals surface area contributed by atoms with Crippen molar-refractivity contribution in [2.75, 3.05) is 19.6 Å². The smallest absolute Gasteiger partial charge is 0.273 e.